The van der Waals surface area contributed by atoms with Crippen LogP contribution in [0.2, 0.25) is 0 Å². The summed E-state index contributed by atoms with van der Waals surface area (Å²) in [7, 11) is 0. The van der Waals surface area contributed by atoms with E-state index in [1.807, 2.05) is 0 Å². The van der Waals surface area contributed by atoms with Crippen molar-refractivity contribution in [2.75, 3.05) is 0 Å². The molecule has 18 heavy (non-hydrogen) atoms. The molecule has 0 aliphatic carbocycles. The van der Waals surface area contributed by atoms with Gasteiger partial charge in [0.15, 0.2) is 0 Å². The largest absolute Gasteiger partial charge is 0.507 e. The highest BCUT2D eigenvalue weighted by molar-refractivity contribution is 5.49. The minimum absolute atomic E-state index is 0.00394. The van der Waals surface area contributed by atoms with Crippen LogP contribution < -0.4 is 0 Å². The van der Waals surface area contributed by atoms with E-state index in [0.717, 1.165) is 0 Å². The van der Waals surface area contributed by atoms with E-state index in [2.05, 4.69) is 0 Å². The fraction of sp³-hybridized carbons (Fsp3) is 0.333. The smallest absolute Gasteiger partial charge is 0.420 e. The Bertz CT molecular complexity index is 445. The third-order valence-corrected chi connectivity index (χ3v) is 2.03. The molecule has 0 heterocycles. The molecule has 102 valence electrons. The van der Waals surface area contributed by atoms with Gasteiger partial charge < -0.3 is 5.11 Å². The van der Waals surface area contributed by atoms with Gasteiger partial charge in [-0.25, -0.2) is 8.78 Å². The van der Waals surface area contributed by atoms with Gasteiger partial charge >= 0.3 is 12.4 Å². The van der Waals surface area contributed by atoms with Crippen molar-refractivity contribution < 1.29 is 40.2 Å². The van der Waals surface area contributed by atoms with Crippen LogP contribution in [0.1, 0.15) is 23.1 Å². The van der Waals surface area contributed by atoms with Crippen LogP contribution in [0, 0.1) is 0 Å². The Kier molecular flexibility index (Phi) is 3.46. The van der Waals surface area contributed by atoms with Crippen molar-refractivity contribution >= 4 is 0 Å². The number of benzene rings is 1. The SMILES string of the molecule is Oc1c(C(F)(F)F)ccc(C(F)F)c1C(F)(F)F. The normalized spacial score (nSPS) is 13.2. The summed E-state index contributed by atoms with van der Waals surface area (Å²) in [5.41, 5.74) is -6.08. The van der Waals surface area contributed by atoms with E-state index in [9.17, 15) is 35.1 Å². The Labute approximate surface area is 94.6 Å². The van der Waals surface area contributed by atoms with Crippen molar-refractivity contribution in [2.45, 2.75) is 18.8 Å². The van der Waals surface area contributed by atoms with E-state index < -0.39 is 41.2 Å². The Balaban J connectivity index is 3.61. The second-order valence-electron chi connectivity index (χ2n) is 3.22. The van der Waals surface area contributed by atoms with Gasteiger partial charge in [-0.2, -0.15) is 26.3 Å². The molecule has 1 nitrogen and oxygen atoms in total. The van der Waals surface area contributed by atoms with Crippen LogP contribution in [0.5, 0.6) is 5.75 Å². The van der Waals surface area contributed by atoms with E-state index in [-0.39, 0.29) is 12.1 Å². The third-order valence-electron chi connectivity index (χ3n) is 2.03. The molecule has 1 aromatic rings. The fourth-order valence-electron chi connectivity index (χ4n) is 1.32. The first kappa shape index (κ1) is 14.5. The molecule has 0 amide bonds. The first-order chi connectivity index (χ1) is 7.96. The van der Waals surface area contributed by atoms with Gasteiger partial charge in [-0.15, -0.1) is 0 Å². The number of aromatic hydroxyl groups is 1. The zero-order valence-electron chi connectivity index (χ0n) is 8.20. The van der Waals surface area contributed by atoms with Crippen LogP contribution in [0.15, 0.2) is 12.1 Å². The Morgan fingerprint density at radius 3 is 1.72 bits per heavy atom. The van der Waals surface area contributed by atoms with Gasteiger partial charge in [-0.1, -0.05) is 6.07 Å². The number of hydrogen-bond acceptors (Lipinski definition) is 1. The lowest BCUT2D eigenvalue weighted by Gasteiger charge is -2.17. The second-order valence-corrected chi connectivity index (χ2v) is 3.22. The highest BCUT2D eigenvalue weighted by atomic mass is 19.4. The standard InChI is InChI=1S/C9H4F8O/c10-7(11)3-1-2-4(8(12,13)14)6(18)5(3)9(15,16)17/h1-2,7,18H. The van der Waals surface area contributed by atoms with Crippen molar-refractivity contribution in [1.82, 2.24) is 0 Å². The van der Waals surface area contributed by atoms with Gasteiger partial charge in [0.2, 0.25) is 0 Å². The predicted molar refractivity (Wildman–Crippen MR) is 43.1 cm³/mol. The van der Waals surface area contributed by atoms with Gasteiger partial charge in [-0.05, 0) is 6.07 Å². The molecule has 0 aliphatic heterocycles. The lowest BCUT2D eigenvalue weighted by molar-refractivity contribution is -0.146. The third kappa shape index (κ3) is 2.65. The summed E-state index contributed by atoms with van der Waals surface area (Å²) in [5.74, 6) is -2.24. The van der Waals surface area contributed by atoms with Crippen molar-refractivity contribution in [3.8, 4) is 5.75 Å². The molecule has 0 saturated carbocycles. The van der Waals surface area contributed by atoms with Gasteiger partial charge in [-0.3, -0.25) is 0 Å². The topological polar surface area (TPSA) is 20.2 Å². The van der Waals surface area contributed by atoms with Crippen LogP contribution >= 0.6 is 0 Å². The van der Waals surface area contributed by atoms with Crippen molar-refractivity contribution in [3.05, 3.63) is 28.8 Å². The van der Waals surface area contributed by atoms with E-state index in [0.29, 0.717) is 0 Å². The minimum Gasteiger partial charge on any atom is -0.507 e. The number of rotatable bonds is 1. The fourth-order valence-corrected chi connectivity index (χ4v) is 1.32. The van der Waals surface area contributed by atoms with Crippen LogP contribution in [-0.2, 0) is 12.4 Å². The van der Waals surface area contributed by atoms with E-state index in [4.69, 9.17) is 5.11 Å². The average molecular weight is 280 g/mol. The summed E-state index contributed by atoms with van der Waals surface area (Å²) in [6, 6.07) is -0.0257. The average Bonchev–Trinajstić information content (AvgIpc) is 2.12. The Morgan fingerprint density at radius 1 is 0.889 bits per heavy atom. The Morgan fingerprint density at radius 2 is 1.39 bits per heavy atom. The summed E-state index contributed by atoms with van der Waals surface area (Å²) >= 11 is 0. The number of hydrogen-bond donors (Lipinski definition) is 1. The molecule has 0 aromatic heterocycles. The maximum Gasteiger partial charge on any atom is 0.420 e. The van der Waals surface area contributed by atoms with Gasteiger partial charge in [0.05, 0.1) is 5.56 Å². The molecule has 0 saturated heterocycles. The number of phenolic OH excluding ortho intramolecular Hbond substituents is 1. The van der Waals surface area contributed by atoms with Gasteiger partial charge in [0, 0.05) is 5.56 Å². The zero-order valence-corrected chi connectivity index (χ0v) is 8.20. The predicted octanol–water partition coefficient (Wildman–Crippen LogP) is 4.37. The molecule has 0 fully saturated rings. The molecule has 0 bridgehead atoms. The van der Waals surface area contributed by atoms with Crippen molar-refractivity contribution in [1.29, 1.82) is 0 Å². The molecular formula is C9H4F8O. The number of halogens is 8. The number of phenols is 1. The van der Waals surface area contributed by atoms with Crippen LogP contribution in [0.4, 0.5) is 35.1 Å². The summed E-state index contributed by atoms with van der Waals surface area (Å²) in [4.78, 5) is 0. The molecular weight excluding hydrogens is 276 g/mol. The van der Waals surface area contributed by atoms with Crippen LogP contribution in [0.25, 0.3) is 0 Å². The quantitative estimate of drug-likeness (QED) is 0.757. The first-order valence-corrected chi connectivity index (χ1v) is 4.24. The summed E-state index contributed by atoms with van der Waals surface area (Å²) in [5, 5.41) is 8.92. The molecule has 9 heteroatoms. The lowest BCUT2D eigenvalue weighted by atomic mass is 10.0. The maximum absolute atomic E-state index is 12.4. The first-order valence-electron chi connectivity index (χ1n) is 4.24. The summed E-state index contributed by atoms with van der Waals surface area (Å²) in [6.07, 6.45) is -14.4. The van der Waals surface area contributed by atoms with E-state index in [1.54, 1.807) is 0 Å². The Hall–Kier alpha value is -1.54. The van der Waals surface area contributed by atoms with Gasteiger partial charge in [0.1, 0.15) is 11.3 Å². The molecule has 1 rings (SSSR count). The molecule has 0 unspecified atom stereocenters. The lowest BCUT2D eigenvalue weighted by Crippen LogP contribution is -2.14. The highest BCUT2D eigenvalue weighted by Gasteiger charge is 2.44. The van der Waals surface area contributed by atoms with Crippen molar-refractivity contribution in [2.24, 2.45) is 0 Å². The monoisotopic (exact) mass is 280 g/mol. The van der Waals surface area contributed by atoms with Crippen LogP contribution in [-0.4, -0.2) is 5.11 Å². The van der Waals surface area contributed by atoms with Gasteiger partial charge in [0.25, 0.3) is 6.43 Å². The molecule has 1 N–H and O–H groups in total. The molecule has 0 radical (unpaired) electrons. The molecule has 1 aromatic carbocycles. The maximum atomic E-state index is 12.4. The molecule has 0 aliphatic rings. The minimum atomic E-state index is -5.52. The number of alkyl halides is 8. The molecule has 0 atom stereocenters. The highest BCUT2D eigenvalue weighted by Crippen LogP contribution is 2.47. The summed E-state index contributed by atoms with van der Waals surface area (Å²) in [6.45, 7) is 0. The molecule has 0 spiro atoms. The van der Waals surface area contributed by atoms with Crippen LogP contribution in [0.3, 0.4) is 0 Å². The van der Waals surface area contributed by atoms with E-state index in [1.165, 1.54) is 0 Å². The second kappa shape index (κ2) is 4.29. The zero-order chi connectivity index (χ0) is 14.3. The summed E-state index contributed by atoms with van der Waals surface area (Å²) < 4.78 is 98.4. The van der Waals surface area contributed by atoms with Crippen molar-refractivity contribution in [3.63, 3.8) is 0 Å². The van der Waals surface area contributed by atoms with E-state index >= 15 is 0 Å².